The number of hydrogen-bond acceptors (Lipinski definition) is 5. The van der Waals surface area contributed by atoms with Crippen molar-refractivity contribution in [1.29, 1.82) is 0 Å². The summed E-state index contributed by atoms with van der Waals surface area (Å²) in [5, 5.41) is 8.32. The zero-order valence-electron chi connectivity index (χ0n) is 11.7. The molecule has 1 aliphatic heterocycles. The minimum atomic E-state index is 0.841. The van der Waals surface area contributed by atoms with E-state index < -0.39 is 0 Å². The van der Waals surface area contributed by atoms with Gasteiger partial charge in [-0.05, 0) is 23.6 Å². The van der Waals surface area contributed by atoms with E-state index in [2.05, 4.69) is 64.3 Å². The van der Waals surface area contributed by atoms with Crippen molar-refractivity contribution in [3.05, 3.63) is 60.2 Å². The Morgan fingerprint density at radius 3 is 2.38 bits per heavy atom. The third kappa shape index (κ3) is 3.64. The minimum Gasteiger partial charge on any atom is -0.191 e. The molecule has 0 amide bonds. The Hall–Kier alpha value is -2.27. The number of hydrazone groups is 2. The Labute approximate surface area is 128 Å². The molecule has 106 valence electrons. The molecule has 21 heavy (non-hydrogen) atoms. The first-order valence-corrected chi connectivity index (χ1v) is 7.67. The largest absolute Gasteiger partial charge is 0.191 e. The van der Waals surface area contributed by atoms with Gasteiger partial charge >= 0.3 is 0 Å². The quantitative estimate of drug-likeness (QED) is 0.875. The maximum atomic E-state index is 4.22. The third-order valence-corrected chi connectivity index (χ3v) is 3.96. The van der Waals surface area contributed by atoms with E-state index >= 15 is 0 Å². The van der Waals surface area contributed by atoms with E-state index in [1.807, 2.05) is 13.0 Å². The molecular weight excluding hydrogens is 280 g/mol. The summed E-state index contributed by atoms with van der Waals surface area (Å²) in [6, 6.07) is 19.0. The summed E-state index contributed by atoms with van der Waals surface area (Å²) in [6.07, 6.45) is 1.74. The molecule has 0 saturated heterocycles. The van der Waals surface area contributed by atoms with Gasteiger partial charge in [0, 0.05) is 17.7 Å². The van der Waals surface area contributed by atoms with E-state index in [0.29, 0.717) is 0 Å². The molecule has 0 saturated carbocycles. The topological polar surface area (TPSA) is 40.0 Å². The van der Waals surface area contributed by atoms with Crippen molar-refractivity contribution in [3.63, 3.8) is 0 Å². The first kappa shape index (κ1) is 13.7. The fraction of sp³-hybridized carbons (Fsp3) is 0.125. The van der Waals surface area contributed by atoms with E-state index in [1.165, 1.54) is 16.7 Å². The van der Waals surface area contributed by atoms with Crippen molar-refractivity contribution in [2.75, 3.05) is 0 Å². The molecule has 0 fully saturated rings. The average molecular weight is 296 g/mol. The Kier molecular flexibility index (Phi) is 4.21. The van der Waals surface area contributed by atoms with Crippen LogP contribution in [0.25, 0.3) is 11.1 Å². The monoisotopic (exact) mass is 296 g/mol. The van der Waals surface area contributed by atoms with Gasteiger partial charge in [-0.15, -0.1) is 4.52 Å². The molecule has 5 heteroatoms. The maximum absolute atomic E-state index is 4.22. The van der Waals surface area contributed by atoms with Crippen molar-refractivity contribution in [1.82, 2.24) is 10.1 Å². The zero-order valence-corrected chi connectivity index (χ0v) is 12.5. The fourth-order valence-electron chi connectivity index (χ4n) is 1.93. The molecule has 0 atom stereocenters. The molecule has 0 bridgehead atoms. The van der Waals surface area contributed by atoms with Crippen LogP contribution >= 0.6 is 11.9 Å². The molecule has 2 aromatic carbocycles. The van der Waals surface area contributed by atoms with Gasteiger partial charge in [-0.25, -0.2) is 0 Å². The second kappa shape index (κ2) is 6.45. The van der Waals surface area contributed by atoms with Crippen molar-refractivity contribution in [2.24, 2.45) is 10.2 Å². The molecule has 1 N–H and O–H groups in total. The van der Waals surface area contributed by atoms with Crippen LogP contribution in [-0.4, -0.2) is 16.4 Å². The van der Waals surface area contributed by atoms with Gasteiger partial charge in [0.1, 0.15) is 0 Å². The maximum Gasteiger partial charge on any atom is 0.0794 e. The van der Waals surface area contributed by atoms with Gasteiger partial charge in [0.2, 0.25) is 0 Å². The number of nitrogens with one attached hydrogen (secondary N) is 1. The second-order valence-corrected chi connectivity index (χ2v) is 5.60. The van der Waals surface area contributed by atoms with E-state index in [0.717, 1.165) is 11.5 Å². The number of nitrogens with zero attached hydrogens (tertiary/aromatic N) is 3. The first-order valence-electron chi connectivity index (χ1n) is 6.72. The van der Waals surface area contributed by atoms with Crippen LogP contribution in [0.3, 0.4) is 0 Å². The average Bonchev–Trinajstić information content (AvgIpc) is 2.56. The molecule has 0 spiro atoms. The molecule has 0 aromatic heterocycles. The van der Waals surface area contributed by atoms with Crippen molar-refractivity contribution in [3.8, 4) is 11.1 Å². The molecular formula is C16H16N4S. The van der Waals surface area contributed by atoms with Crippen LogP contribution in [0.4, 0.5) is 0 Å². The van der Waals surface area contributed by atoms with Gasteiger partial charge < -0.3 is 0 Å². The number of benzene rings is 2. The van der Waals surface area contributed by atoms with Crippen LogP contribution in [0.1, 0.15) is 12.5 Å². The fourth-order valence-corrected chi connectivity index (χ4v) is 2.61. The Bertz CT molecular complexity index is 650. The van der Waals surface area contributed by atoms with Crippen LogP contribution in [0.5, 0.6) is 0 Å². The van der Waals surface area contributed by atoms with Crippen LogP contribution in [0.2, 0.25) is 0 Å². The van der Waals surface area contributed by atoms with E-state index in [9.17, 15) is 0 Å². The van der Waals surface area contributed by atoms with Crippen molar-refractivity contribution < 1.29 is 0 Å². The summed E-state index contributed by atoms with van der Waals surface area (Å²) in [4.78, 5) is 0. The number of rotatable bonds is 4. The number of hydrogen-bond donors (Lipinski definition) is 1. The summed E-state index contributed by atoms with van der Waals surface area (Å²) in [5.41, 5.74) is 7.46. The van der Waals surface area contributed by atoms with Gasteiger partial charge in [-0.3, -0.25) is 0 Å². The Morgan fingerprint density at radius 2 is 1.71 bits per heavy atom. The standard InChI is InChI=1S/C16H16N4S/c1-13-11-17-20(19-18-13)21-12-14-7-9-16(10-8-14)15-5-3-2-4-6-15/h2-11,19H,12H2,1H3. The van der Waals surface area contributed by atoms with Crippen LogP contribution in [0, 0.1) is 0 Å². The van der Waals surface area contributed by atoms with Crippen molar-refractivity contribution in [2.45, 2.75) is 12.7 Å². The van der Waals surface area contributed by atoms with Gasteiger partial charge in [0.25, 0.3) is 0 Å². The Morgan fingerprint density at radius 1 is 1.00 bits per heavy atom. The summed E-state index contributed by atoms with van der Waals surface area (Å²) in [7, 11) is 0. The highest BCUT2D eigenvalue weighted by atomic mass is 32.2. The molecule has 0 unspecified atom stereocenters. The van der Waals surface area contributed by atoms with Gasteiger partial charge in [0.05, 0.1) is 11.9 Å². The highest BCUT2D eigenvalue weighted by Crippen LogP contribution is 2.22. The molecule has 0 aliphatic carbocycles. The third-order valence-electron chi connectivity index (χ3n) is 3.08. The highest BCUT2D eigenvalue weighted by Gasteiger charge is 2.05. The lowest BCUT2D eigenvalue weighted by Gasteiger charge is -2.18. The molecule has 4 nitrogen and oxygen atoms in total. The van der Waals surface area contributed by atoms with Gasteiger partial charge in [0.15, 0.2) is 0 Å². The first-order chi connectivity index (χ1) is 10.3. The second-order valence-electron chi connectivity index (χ2n) is 4.71. The molecule has 3 rings (SSSR count). The van der Waals surface area contributed by atoms with Crippen LogP contribution < -0.4 is 5.53 Å². The minimum absolute atomic E-state index is 0.841. The van der Waals surface area contributed by atoms with Crippen LogP contribution in [-0.2, 0) is 5.75 Å². The molecule has 1 aliphatic rings. The van der Waals surface area contributed by atoms with E-state index in [4.69, 9.17) is 0 Å². The Balaban J connectivity index is 1.59. The van der Waals surface area contributed by atoms with Gasteiger partial charge in [-0.2, -0.15) is 15.7 Å². The summed E-state index contributed by atoms with van der Waals surface area (Å²) in [5.74, 6) is 0.841. The SMILES string of the molecule is CC1=NNN(SCc2ccc(-c3ccccc3)cc2)N=C1. The van der Waals surface area contributed by atoms with Crippen molar-refractivity contribution >= 4 is 23.9 Å². The lowest BCUT2D eigenvalue weighted by atomic mass is 10.0. The lowest BCUT2D eigenvalue weighted by Crippen LogP contribution is -2.28. The smallest absolute Gasteiger partial charge is 0.0794 e. The summed E-state index contributed by atoms with van der Waals surface area (Å²) in [6.45, 7) is 1.90. The molecule has 2 aromatic rings. The predicted octanol–water partition coefficient (Wildman–Crippen LogP) is 3.68. The van der Waals surface area contributed by atoms with E-state index in [-0.39, 0.29) is 0 Å². The predicted molar refractivity (Wildman–Crippen MR) is 89.7 cm³/mol. The summed E-state index contributed by atoms with van der Waals surface area (Å²) >= 11 is 1.57. The van der Waals surface area contributed by atoms with E-state index in [1.54, 1.807) is 22.7 Å². The normalized spacial score (nSPS) is 13.8. The van der Waals surface area contributed by atoms with Crippen LogP contribution in [0.15, 0.2) is 64.8 Å². The lowest BCUT2D eigenvalue weighted by molar-refractivity contribution is 0.378. The summed E-state index contributed by atoms with van der Waals surface area (Å²) < 4.78 is 1.66. The highest BCUT2D eigenvalue weighted by molar-refractivity contribution is 7.96. The molecule has 0 radical (unpaired) electrons. The number of hydrazine groups is 1. The van der Waals surface area contributed by atoms with Gasteiger partial charge in [-0.1, -0.05) is 54.6 Å². The molecule has 1 heterocycles. The zero-order chi connectivity index (χ0) is 14.5.